The molecule has 0 saturated heterocycles. The van der Waals surface area contributed by atoms with Gasteiger partial charge in [-0.05, 0) is 43.4 Å². The molecular weight excluding hydrogens is 1100 g/mol. The number of aliphatic hydroxyl groups excluding tert-OH is 1. The van der Waals surface area contributed by atoms with Crippen LogP contribution in [0.5, 0.6) is 0 Å². The number of carbonyl (C=O) groups excluding carboxylic acids is 4. The predicted octanol–water partition coefficient (Wildman–Crippen LogP) is 17.5. The fourth-order valence-corrected chi connectivity index (χ4v) is 11.1. The standard InChI is InChI=1S/C64H124O17P2/c1-8-9-10-11-12-24-31-38-45-61(66)74-51-59(81-64(69)48-41-34-27-20-18-23-30-37-44-57(6)7)53-78-82(70,71)76-49-58(65)50-77-83(72,73)79-54-60(52-75-62(67)46-39-32-25-19-17-22-29-36-43-56(4)5)80-63(68)47-40-33-26-16-14-13-15-21-28-35-42-55(2)3/h55-60,65H,8-54H2,1-7H3,(H,70,71)(H,72,73)/t58-,59+,60+/m0/s1. The number of unbranched alkanes of at least 4 members (excludes halogenated alkanes) is 30. The maximum atomic E-state index is 13.0. The van der Waals surface area contributed by atoms with Crippen LogP contribution in [0.15, 0.2) is 0 Å². The number of hydrogen-bond acceptors (Lipinski definition) is 15. The van der Waals surface area contributed by atoms with Crippen molar-refractivity contribution in [3.8, 4) is 0 Å². The fraction of sp³-hybridized carbons (Fsp3) is 0.938. The zero-order valence-corrected chi connectivity index (χ0v) is 55.4. The smallest absolute Gasteiger partial charge is 0.462 e. The summed E-state index contributed by atoms with van der Waals surface area (Å²) in [4.78, 5) is 72.2. The maximum Gasteiger partial charge on any atom is 0.472 e. The van der Waals surface area contributed by atoms with E-state index >= 15 is 0 Å². The highest BCUT2D eigenvalue weighted by molar-refractivity contribution is 7.47. The molecule has 0 rings (SSSR count). The van der Waals surface area contributed by atoms with Crippen molar-refractivity contribution in [2.75, 3.05) is 39.6 Å². The summed E-state index contributed by atoms with van der Waals surface area (Å²) in [6, 6.07) is 0. The SMILES string of the molecule is CCCCCCCCCCC(=O)OC[C@H](COP(=O)(O)OC[C@H](O)COP(=O)(O)OC[C@@H](COC(=O)CCCCCCCCCCC(C)C)OC(=O)CCCCCCCCCCCCC(C)C)OC(=O)CCCCCCCCCCC(C)C. The van der Waals surface area contributed by atoms with Crippen molar-refractivity contribution < 1.29 is 80.2 Å². The number of aliphatic hydroxyl groups is 1. The molecule has 0 saturated carbocycles. The number of esters is 4. The first-order valence-corrected chi connectivity index (χ1v) is 36.3. The molecule has 0 aliphatic rings. The van der Waals surface area contributed by atoms with Crippen molar-refractivity contribution >= 4 is 39.5 Å². The van der Waals surface area contributed by atoms with E-state index in [1.54, 1.807) is 0 Å². The summed E-state index contributed by atoms with van der Waals surface area (Å²) in [7, 11) is -9.89. The van der Waals surface area contributed by atoms with Gasteiger partial charge in [-0.1, -0.05) is 260 Å². The molecule has 0 aromatic rings. The van der Waals surface area contributed by atoms with Gasteiger partial charge in [0.2, 0.25) is 0 Å². The van der Waals surface area contributed by atoms with E-state index in [4.69, 9.17) is 37.0 Å². The number of ether oxygens (including phenoxy) is 4. The van der Waals surface area contributed by atoms with Gasteiger partial charge in [-0.2, -0.15) is 0 Å². The van der Waals surface area contributed by atoms with Crippen LogP contribution in [-0.2, 0) is 65.4 Å². The zero-order valence-electron chi connectivity index (χ0n) is 53.6. The average Bonchev–Trinajstić information content (AvgIpc) is 3.43. The van der Waals surface area contributed by atoms with Gasteiger partial charge in [-0.3, -0.25) is 37.3 Å². The van der Waals surface area contributed by atoms with Gasteiger partial charge in [-0.25, -0.2) is 9.13 Å². The lowest BCUT2D eigenvalue weighted by atomic mass is 10.0. The molecule has 0 aromatic heterocycles. The monoisotopic (exact) mass is 1230 g/mol. The van der Waals surface area contributed by atoms with E-state index in [0.717, 1.165) is 114 Å². The molecule has 0 bridgehead atoms. The number of phosphoric ester groups is 2. The fourth-order valence-electron chi connectivity index (χ4n) is 9.48. The van der Waals surface area contributed by atoms with Crippen LogP contribution >= 0.6 is 15.6 Å². The van der Waals surface area contributed by atoms with Crippen molar-refractivity contribution in [2.24, 2.45) is 17.8 Å². The maximum absolute atomic E-state index is 13.0. The van der Waals surface area contributed by atoms with Crippen LogP contribution in [0.25, 0.3) is 0 Å². The minimum Gasteiger partial charge on any atom is -0.462 e. The molecule has 492 valence electrons. The van der Waals surface area contributed by atoms with Crippen molar-refractivity contribution in [2.45, 2.75) is 330 Å². The number of rotatable bonds is 62. The predicted molar refractivity (Wildman–Crippen MR) is 331 cm³/mol. The van der Waals surface area contributed by atoms with Crippen LogP contribution in [-0.4, -0.2) is 96.7 Å². The summed E-state index contributed by atoms with van der Waals surface area (Å²) in [6.07, 6.45) is 36.3. The Hall–Kier alpha value is -1.94. The van der Waals surface area contributed by atoms with Gasteiger partial charge in [-0.15, -0.1) is 0 Å². The summed E-state index contributed by atoms with van der Waals surface area (Å²) in [5.41, 5.74) is 0. The Kier molecular flexibility index (Phi) is 54.1. The van der Waals surface area contributed by atoms with E-state index in [2.05, 4.69) is 48.5 Å². The first-order valence-electron chi connectivity index (χ1n) is 33.3. The molecule has 0 aliphatic heterocycles. The Labute approximate surface area is 505 Å². The summed E-state index contributed by atoms with van der Waals surface area (Å²) in [6.45, 7) is 11.7. The van der Waals surface area contributed by atoms with Gasteiger partial charge >= 0.3 is 39.5 Å². The lowest BCUT2D eigenvalue weighted by Gasteiger charge is -2.21. The molecule has 0 fully saturated rings. The van der Waals surface area contributed by atoms with E-state index in [0.29, 0.717) is 25.7 Å². The molecule has 0 spiro atoms. The lowest BCUT2D eigenvalue weighted by Crippen LogP contribution is -2.30. The van der Waals surface area contributed by atoms with Gasteiger partial charge in [0.1, 0.15) is 19.3 Å². The van der Waals surface area contributed by atoms with Crippen LogP contribution in [0.2, 0.25) is 0 Å². The van der Waals surface area contributed by atoms with Crippen molar-refractivity contribution in [1.82, 2.24) is 0 Å². The molecule has 0 radical (unpaired) electrons. The minimum atomic E-state index is -4.94. The first-order chi connectivity index (χ1) is 39.7. The molecule has 0 amide bonds. The minimum absolute atomic E-state index is 0.104. The normalized spacial score (nSPS) is 14.4. The molecule has 3 N–H and O–H groups in total. The Morgan fingerprint density at radius 2 is 0.554 bits per heavy atom. The third kappa shape index (κ3) is 58.8. The van der Waals surface area contributed by atoms with E-state index in [9.17, 15) is 43.2 Å². The Bertz CT molecular complexity index is 1650. The second-order valence-electron chi connectivity index (χ2n) is 24.6. The van der Waals surface area contributed by atoms with Gasteiger partial charge < -0.3 is 33.8 Å². The summed E-state index contributed by atoms with van der Waals surface area (Å²) < 4.78 is 67.9. The number of phosphoric acid groups is 2. The third-order valence-electron chi connectivity index (χ3n) is 14.6. The molecule has 0 aliphatic carbocycles. The number of carbonyl (C=O) groups is 4. The number of hydrogen-bond donors (Lipinski definition) is 3. The molecule has 2 unspecified atom stereocenters. The Morgan fingerprint density at radius 1 is 0.325 bits per heavy atom. The van der Waals surface area contributed by atoms with E-state index < -0.39 is 97.5 Å². The molecule has 0 aromatic carbocycles. The molecule has 0 heterocycles. The van der Waals surface area contributed by atoms with Gasteiger partial charge in [0, 0.05) is 25.7 Å². The van der Waals surface area contributed by atoms with Crippen LogP contribution in [0.3, 0.4) is 0 Å². The Morgan fingerprint density at radius 3 is 0.819 bits per heavy atom. The van der Waals surface area contributed by atoms with Crippen molar-refractivity contribution in [3.05, 3.63) is 0 Å². The van der Waals surface area contributed by atoms with E-state index in [1.807, 2.05) is 0 Å². The molecule has 5 atom stereocenters. The topological polar surface area (TPSA) is 237 Å². The van der Waals surface area contributed by atoms with Crippen LogP contribution in [0.1, 0.15) is 312 Å². The highest BCUT2D eigenvalue weighted by Gasteiger charge is 2.30. The highest BCUT2D eigenvalue weighted by Crippen LogP contribution is 2.45. The molecule has 17 nitrogen and oxygen atoms in total. The summed E-state index contributed by atoms with van der Waals surface area (Å²) in [5.74, 6) is 0.0574. The highest BCUT2D eigenvalue weighted by atomic mass is 31.2. The zero-order chi connectivity index (χ0) is 61.7. The molecule has 83 heavy (non-hydrogen) atoms. The van der Waals surface area contributed by atoms with Crippen LogP contribution in [0.4, 0.5) is 0 Å². The Balaban J connectivity index is 5.24. The van der Waals surface area contributed by atoms with E-state index in [1.165, 1.54) is 116 Å². The van der Waals surface area contributed by atoms with Gasteiger partial charge in [0.15, 0.2) is 12.2 Å². The lowest BCUT2D eigenvalue weighted by molar-refractivity contribution is -0.161. The van der Waals surface area contributed by atoms with E-state index in [-0.39, 0.29) is 25.7 Å². The van der Waals surface area contributed by atoms with Crippen molar-refractivity contribution in [3.63, 3.8) is 0 Å². The quantitative estimate of drug-likeness (QED) is 0.0222. The van der Waals surface area contributed by atoms with Gasteiger partial charge in [0.05, 0.1) is 26.4 Å². The largest absolute Gasteiger partial charge is 0.472 e. The second-order valence-corrected chi connectivity index (χ2v) is 27.5. The summed E-state index contributed by atoms with van der Waals surface area (Å²) >= 11 is 0. The van der Waals surface area contributed by atoms with Crippen LogP contribution in [0, 0.1) is 17.8 Å². The first kappa shape index (κ1) is 81.1. The average molecular weight is 1230 g/mol. The van der Waals surface area contributed by atoms with Crippen LogP contribution < -0.4 is 0 Å². The van der Waals surface area contributed by atoms with Crippen molar-refractivity contribution in [1.29, 1.82) is 0 Å². The molecule has 19 heteroatoms. The second kappa shape index (κ2) is 55.4. The van der Waals surface area contributed by atoms with Gasteiger partial charge in [0.25, 0.3) is 0 Å². The summed E-state index contributed by atoms with van der Waals surface area (Å²) in [5, 5.41) is 10.5. The third-order valence-corrected chi connectivity index (χ3v) is 16.5. The molecular formula is C64H124O17P2.